The van der Waals surface area contributed by atoms with Crippen molar-refractivity contribution in [2.24, 2.45) is 5.41 Å². The van der Waals surface area contributed by atoms with Crippen LogP contribution in [0, 0.1) is 5.41 Å². The molecular weight excluding hydrogens is 338 g/mol. The molecule has 0 bridgehead atoms. The Morgan fingerprint density at radius 1 is 1.16 bits per heavy atom. The first-order chi connectivity index (χ1) is 12.1. The molecule has 4 nitrogen and oxygen atoms in total. The van der Waals surface area contributed by atoms with Crippen molar-refractivity contribution < 1.29 is 14.3 Å². The van der Waals surface area contributed by atoms with Crippen molar-refractivity contribution in [3.05, 3.63) is 58.6 Å². The van der Waals surface area contributed by atoms with Gasteiger partial charge in [0.2, 0.25) is 0 Å². The van der Waals surface area contributed by atoms with Gasteiger partial charge in [-0.05, 0) is 49.1 Å². The summed E-state index contributed by atoms with van der Waals surface area (Å²) in [4.78, 5) is 28.8. The largest absolute Gasteiger partial charge is 0.425 e. The van der Waals surface area contributed by atoms with E-state index in [1.807, 2.05) is 18.2 Å². The van der Waals surface area contributed by atoms with Crippen molar-refractivity contribution in [2.45, 2.75) is 25.3 Å². The van der Waals surface area contributed by atoms with Gasteiger partial charge in [0.15, 0.2) is 11.2 Å². The molecule has 3 aliphatic heterocycles. The topological polar surface area (TPSA) is 46.6 Å². The van der Waals surface area contributed by atoms with Crippen LogP contribution in [0.4, 0.5) is 5.69 Å². The van der Waals surface area contributed by atoms with Gasteiger partial charge in [-0.3, -0.25) is 9.59 Å². The lowest BCUT2D eigenvalue weighted by molar-refractivity contribution is -0.145. The van der Waals surface area contributed by atoms with Gasteiger partial charge in [0.25, 0.3) is 0 Å². The van der Waals surface area contributed by atoms with Crippen LogP contribution in [0.15, 0.2) is 42.5 Å². The molecule has 0 saturated carbocycles. The number of nitrogens with zero attached hydrogens (tertiary/aromatic N) is 1. The van der Waals surface area contributed by atoms with Crippen molar-refractivity contribution in [3.8, 4) is 5.75 Å². The zero-order chi connectivity index (χ0) is 17.2. The molecule has 5 heteroatoms. The lowest BCUT2D eigenvalue weighted by Crippen LogP contribution is -2.61. The molecule has 1 saturated heterocycles. The number of para-hydroxylation sites is 1. The van der Waals surface area contributed by atoms with Gasteiger partial charge < -0.3 is 9.64 Å². The zero-order valence-electron chi connectivity index (χ0n) is 13.5. The summed E-state index contributed by atoms with van der Waals surface area (Å²) in [7, 11) is 0. The summed E-state index contributed by atoms with van der Waals surface area (Å²) in [5, 5.41) is 0.472. The molecule has 0 N–H and O–H groups in total. The molecule has 1 spiro atoms. The molecule has 5 rings (SSSR count). The molecule has 2 aromatic rings. The molecule has 3 aliphatic rings. The molecule has 0 aliphatic carbocycles. The Labute approximate surface area is 150 Å². The van der Waals surface area contributed by atoms with Gasteiger partial charge in [-0.1, -0.05) is 29.8 Å². The summed E-state index contributed by atoms with van der Waals surface area (Å²) in [5.41, 5.74) is 1.39. The van der Waals surface area contributed by atoms with E-state index in [4.69, 9.17) is 16.3 Å². The van der Waals surface area contributed by atoms with E-state index in [2.05, 4.69) is 11.0 Å². The van der Waals surface area contributed by atoms with Crippen LogP contribution in [0.2, 0.25) is 5.02 Å². The SMILES string of the molecule is O=C1Oc2ccc(Cl)cc2C(=O)[C@]12Cc1ccccc1N1CCC[C@@H]12. The lowest BCUT2D eigenvalue weighted by atomic mass is 9.66. The summed E-state index contributed by atoms with van der Waals surface area (Å²) >= 11 is 6.09. The first-order valence-electron chi connectivity index (χ1n) is 8.52. The number of esters is 1. The third kappa shape index (κ3) is 1.89. The fraction of sp³-hybridized carbons (Fsp3) is 0.300. The van der Waals surface area contributed by atoms with Crippen molar-refractivity contribution in [3.63, 3.8) is 0 Å². The van der Waals surface area contributed by atoms with E-state index in [1.54, 1.807) is 18.2 Å². The van der Waals surface area contributed by atoms with Gasteiger partial charge in [-0.2, -0.15) is 0 Å². The number of fused-ring (bicyclic) bond motifs is 5. The molecule has 25 heavy (non-hydrogen) atoms. The number of hydrogen-bond acceptors (Lipinski definition) is 4. The summed E-state index contributed by atoms with van der Waals surface area (Å²) in [6.45, 7) is 0.854. The number of anilines is 1. The van der Waals surface area contributed by atoms with E-state index in [0.717, 1.165) is 30.6 Å². The monoisotopic (exact) mass is 353 g/mol. The fourth-order valence-electron chi connectivity index (χ4n) is 4.66. The van der Waals surface area contributed by atoms with Gasteiger partial charge in [-0.25, -0.2) is 0 Å². The maximum atomic E-state index is 13.5. The average Bonchev–Trinajstić information content (AvgIpc) is 3.11. The number of ether oxygens (including phenoxy) is 1. The third-order valence-corrected chi connectivity index (χ3v) is 5.99. The first kappa shape index (κ1) is 15.0. The molecule has 3 heterocycles. The zero-order valence-corrected chi connectivity index (χ0v) is 14.3. The molecule has 126 valence electrons. The average molecular weight is 354 g/mol. The number of hydrogen-bond donors (Lipinski definition) is 0. The fourth-order valence-corrected chi connectivity index (χ4v) is 4.83. The van der Waals surface area contributed by atoms with Gasteiger partial charge in [-0.15, -0.1) is 0 Å². The van der Waals surface area contributed by atoms with Crippen LogP contribution < -0.4 is 9.64 Å². The number of carbonyl (C=O) groups is 2. The Hall–Kier alpha value is -2.33. The van der Waals surface area contributed by atoms with Crippen LogP contribution in [-0.4, -0.2) is 24.3 Å². The van der Waals surface area contributed by atoms with Crippen molar-refractivity contribution in [2.75, 3.05) is 11.4 Å². The number of benzene rings is 2. The van der Waals surface area contributed by atoms with E-state index in [-0.39, 0.29) is 11.8 Å². The summed E-state index contributed by atoms with van der Waals surface area (Å²) in [6, 6.07) is 12.7. The Kier molecular flexibility index (Phi) is 3.04. The number of Topliss-reactive ketones (excluding diaryl/α,β-unsaturated/α-hetero) is 1. The van der Waals surface area contributed by atoms with Crippen LogP contribution in [-0.2, 0) is 11.2 Å². The Balaban J connectivity index is 1.73. The normalized spacial score (nSPS) is 26.9. The summed E-state index contributed by atoms with van der Waals surface area (Å²) < 4.78 is 5.63. The predicted octanol–water partition coefficient (Wildman–Crippen LogP) is 3.65. The quantitative estimate of drug-likeness (QED) is 0.412. The molecule has 2 aromatic carbocycles. The molecule has 1 fully saturated rings. The molecular formula is C20H16ClNO3. The standard InChI is InChI=1S/C20H16ClNO3/c21-13-7-8-16-14(10-13)18(23)20(19(24)25-16)11-12-4-1-2-5-15(12)22-9-3-6-17(20)22/h1-2,4-5,7-8,10,17H,3,6,9,11H2/t17-,20-/m1/s1. The first-order valence-corrected chi connectivity index (χ1v) is 8.90. The summed E-state index contributed by atoms with van der Waals surface area (Å²) in [6.07, 6.45) is 2.16. The number of ketones is 1. The minimum absolute atomic E-state index is 0.158. The van der Waals surface area contributed by atoms with Crippen molar-refractivity contribution >= 4 is 29.0 Å². The minimum atomic E-state index is -1.18. The number of halogens is 1. The highest BCUT2D eigenvalue weighted by Crippen LogP contribution is 2.51. The maximum absolute atomic E-state index is 13.5. The second kappa shape index (κ2) is 5.09. The van der Waals surface area contributed by atoms with E-state index in [9.17, 15) is 9.59 Å². The van der Waals surface area contributed by atoms with E-state index in [1.165, 1.54) is 0 Å². The smallest absolute Gasteiger partial charge is 0.327 e. The molecule has 0 aromatic heterocycles. The highest BCUT2D eigenvalue weighted by atomic mass is 35.5. The number of carbonyl (C=O) groups excluding carboxylic acids is 2. The second-order valence-corrected chi connectivity index (χ2v) is 7.42. The van der Waals surface area contributed by atoms with Gasteiger partial charge >= 0.3 is 5.97 Å². The van der Waals surface area contributed by atoms with Crippen LogP contribution >= 0.6 is 11.6 Å². The van der Waals surface area contributed by atoms with Crippen LogP contribution in [0.1, 0.15) is 28.8 Å². The minimum Gasteiger partial charge on any atom is -0.425 e. The molecule has 0 radical (unpaired) electrons. The molecule has 2 atom stereocenters. The highest BCUT2D eigenvalue weighted by molar-refractivity contribution is 6.31. The summed E-state index contributed by atoms with van der Waals surface area (Å²) in [5.74, 6) is -0.278. The van der Waals surface area contributed by atoms with Crippen molar-refractivity contribution in [1.82, 2.24) is 0 Å². The van der Waals surface area contributed by atoms with Gasteiger partial charge in [0, 0.05) is 17.3 Å². The van der Waals surface area contributed by atoms with Crippen LogP contribution in [0.5, 0.6) is 5.75 Å². The molecule has 0 unspecified atom stereocenters. The Morgan fingerprint density at radius 3 is 2.88 bits per heavy atom. The van der Waals surface area contributed by atoms with Gasteiger partial charge in [0.1, 0.15) is 5.75 Å². The van der Waals surface area contributed by atoms with Crippen LogP contribution in [0.25, 0.3) is 0 Å². The third-order valence-electron chi connectivity index (χ3n) is 5.75. The van der Waals surface area contributed by atoms with E-state index in [0.29, 0.717) is 22.8 Å². The predicted molar refractivity (Wildman–Crippen MR) is 94.4 cm³/mol. The lowest BCUT2D eigenvalue weighted by Gasteiger charge is -2.47. The Morgan fingerprint density at radius 2 is 2.00 bits per heavy atom. The van der Waals surface area contributed by atoms with Gasteiger partial charge in [0.05, 0.1) is 11.6 Å². The van der Waals surface area contributed by atoms with E-state index < -0.39 is 11.4 Å². The molecule has 0 amide bonds. The highest BCUT2D eigenvalue weighted by Gasteiger charge is 2.61. The van der Waals surface area contributed by atoms with Crippen LogP contribution in [0.3, 0.4) is 0 Å². The van der Waals surface area contributed by atoms with Crippen molar-refractivity contribution in [1.29, 1.82) is 0 Å². The maximum Gasteiger partial charge on any atom is 0.327 e. The number of rotatable bonds is 0. The Bertz CT molecular complexity index is 925. The van der Waals surface area contributed by atoms with E-state index >= 15 is 0 Å². The second-order valence-electron chi connectivity index (χ2n) is 6.99.